The van der Waals surface area contributed by atoms with E-state index in [4.69, 9.17) is 0 Å². The molecule has 0 saturated carbocycles. The van der Waals surface area contributed by atoms with Crippen molar-refractivity contribution in [2.45, 2.75) is 32.2 Å². The molecule has 132 valence electrons. The van der Waals surface area contributed by atoms with Crippen LogP contribution in [0.4, 0.5) is 11.6 Å². The zero-order valence-corrected chi connectivity index (χ0v) is 14.7. The van der Waals surface area contributed by atoms with Crippen LogP contribution in [-0.2, 0) is 6.42 Å². The van der Waals surface area contributed by atoms with Crippen LogP contribution in [0.25, 0.3) is 0 Å². The van der Waals surface area contributed by atoms with Crippen molar-refractivity contribution < 1.29 is 4.79 Å². The maximum Gasteiger partial charge on any atom is 0.254 e. The summed E-state index contributed by atoms with van der Waals surface area (Å²) < 4.78 is 0. The Hall–Kier alpha value is -2.70. The molecule has 1 aliphatic rings. The van der Waals surface area contributed by atoms with E-state index >= 15 is 0 Å². The van der Waals surface area contributed by atoms with E-state index in [1.165, 1.54) is 0 Å². The first-order valence-electron chi connectivity index (χ1n) is 8.70. The molecule has 0 aliphatic carbocycles. The number of aryl methyl sites for hydroxylation is 1. The Labute approximate surface area is 147 Å². The second-order valence-corrected chi connectivity index (χ2v) is 6.13. The number of carbonyl (C=O) groups excluding carboxylic acids is 1. The molecule has 1 aliphatic heterocycles. The molecule has 7 nitrogen and oxygen atoms in total. The number of hydrogen-bond acceptors (Lipinski definition) is 6. The first-order chi connectivity index (χ1) is 12.2. The lowest BCUT2D eigenvalue weighted by Gasteiger charge is -2.34. The largest absolute Gasteiger partial charge is 0.365 e. The van der Waals surface area contributed by atoms with Gasteiger partial charge < -0.3 is 15.5 Å². The standard InChI is InChI=1S/C18H24N6O/c1-3-13-10-16(22-12-21-13)24-9-5-6-14(11-24)23-17-15(18(25)19-2)7-4-8-20-17/h4,7-8,10,12,14H,3,5-6,9,11H2,1-2H3,(H,19,25)(H,20,23). The van der Waals surface area contributed by atoms with Crippen molar-refractivity contribution in [1.29, 1.82) is 0 Å². The summed E-state index contributed by atoms with van der Waals surface area (Å²) in [6.45, 7) is 3.89. The van der Waals surface area contributed by atoms with Gasteiger partial charge in [0.15, 0.2) is 0 Å². The number of hydrogen-bond donors (Lipinski definition) is 2. The zero-order valence-electron chi connectivity index (χ0n) is 14.7. The molecule has 3 rings (SSSR count). The van der Waals surface area contributed by atoms with Crippen LogP contribution >= 0.6 is 0 Å². The summed E-state index contributed by atoms with van der Waals surface area (Å²) in [5.74, 6) is 1.46. The average molecular weight is 340 g/mol. The molecule has 0 aromatic carbocycles. The fourth-order valence-corrected chi connectivity index (χ4v) is 3.09. The molecular weight excluding hydrogens is 316 g/mol. The predicted molar refractivity (Wildman–Crippen MR) is 97.9 cm³/mol. The van der Waals surface area contributed by atoms with Gasteiger partial charge >= 0.3 is 0 Å². The van der Waals surface area contributed by atoms with E-state index in [2.05, 4.69) is 43.5 Å². The monoisotopic (exact) mass is 340 g/mol. The lowest BCUT2D eigenvalue weighted by Crippen LogP contribution is -2.43. The van der Waals surface area contributed by atoms with Crippen LogP contribution in [0, 0.1) is 0 Å². The van der Waals surface area contributed by atoms with Crippen LogP contribution in [0.2, 0.25) is 0 Å². The van der Waals surface area contributed by atoms with Gasteiger partial charge in [-0.15, -0.1) is 0 Å². The summed E-state index contributed by atoms with van der Waals surface area (Å²) in [6.07, 6.45) is 6.33. The maximum atomic E-state index is 12.0. The zero-order chi connectivity index (χ0) is 17.6. The molecule has 1 fully saturated rings. The Morgan fingerprint density at radius 2 is 2.24 bits per heavy atom. The van der Waals surface area contributed by atoms with Crippen molar-refractivity contribution in [3.05, 3.63) is 42.0 Å². The first kappa shape index (κ1) is 17.1. The van der Waals surface area contributed by atoms with E-state index < -0.39 is 0 Å². The van der Waals surface area contributed by atoms with Crippen LogP contribution in [0.15, 0.2) is 30.7 Å². The minimum atomic E-state index is -0.133. The molecule has 3 heterocycles. The van der Waals surface area contributed by atoms with Gasteiger partial charge in [-0.3, -0.25) is 4.79 Å². The molecule has 1 amide bonds. The number of nitrogens with zero attached hydrogens (tertiary/aromatic N) is 4. The topological polar surface area (TPSA) is 83.0 Å². The number of pyridine rings is 1. The van der Waals surface area contributed by atoms with Gasteiger partial charge in [0.2, 0.25) is 0 Å². The predicted octanol–water partition coefficient (Wildman–Crippen LogP) is 1.87. The van der Waals surface area contributed by atoms with Crippen LogP contribution in [0.3, 0.4) is 0 Å². The average Bonchev–Trinajstić information content (AvgIpc) is 2.68. The molecule has 2 N–H and O–H groups in total. The van der Waals surface area contributed by atoms with Gasteiger partial charge in [0, 0.05) is 44.1 Å². The Kier molecular flexibility index (Phi) is 5.42. The summed E-state index contributed by atoms with van der Waals surface area (Å²) in [5.41, 5.74) is 1.61. The Bertz CT molecular complexity index is 735. The molecular formula is C18H24N6O. The van der Waals surface area contributed by atoms with Gasteiger partial charge in [-0.05, 0) is 31.4 Å². The van der Waals surface area contributed by atoms with E-state index in [0.717, 1.165) is 43.9 Å². The van der Waals surface area contributed by atoms with Crippen LogP contribution in [-0.4, -0.2) is 47.0 Å². The summed E-state index contributed by atoms with van der Waals surface area (Å²) in [4.78, 5) is 27.3. The molecule has 0 spiro atoms. The van der Waals surface area contributed by atoms with Crippen molar-refractivity contribution in [2.24, 2.45) is 0 Å². The lowest BCUT2D eigenvalue weighted by atomic mass is 10.0. The number of anilines is 2. The quantitative estimate of drug-likeness (QED) is 0.865. The summed E-state index contributed by atoms with van der Waals surface area (Å²) in [5, 5.41) is 6.10. The third-order valence-electron chi connectivity index (χ3n) is 4.44. The Morgan fingerprint density at radius 3 is 3.04 bits per heavy atom. The molecule has 2 aromatic rings. The summed E-state index contributed by atoms with van der Waals surface area (Å²) >= 11 is 0. The van der Waals surface area contributed by atoms with Gasteiger partial charge in [-0.25, -0.2) is 15.0 Å². The van der Waals surface area contributed by atoms with Crippen molar-refractivity contribution in [1.82, 2.24) is 20.3 Å². The second-order valence-electron chi connectivity index (χ2n) is 6.13. The first-order valence-corrected chi connectivity index (χ1v) is 8.70. The van der Waals surface area contributed by atoms with E-state index in [0.29, 0.717) is 11.4 Å². The number of rotatable bonds is 5. The fraction of sp³-hybridized carbons (Fsp3) is 0.444. The summed E-state index contributed by atoms with van der Waals surface area (Å²) in [6, 6.07) is 5.83. The highest BCUT2D eigenvalue weighted by Gasteiger charge is 2.23. The smallest absolute Gasteiger partial charge is 0.254 e. The number of carbonyl (C=O) groups is 1. The third-order valence-corrected chi connectivity index (χ3v) is 4.44. The van der Waals surface area contributed by atoms with Gasteiger partial charge in [0.25, 0.3) is 5.91 Å². The minimum Gasteiger partial charge on any atom is -0.365 e. The number of amides is 1. The van der Waals surface area contributed by atoms with Crippen LogP contribution < -0.4 is 15.5 Å². The summed E-state index contributed by atoms with van der Waals surface area (Å²) in [7, 11) is 1.63. The maximum absolute atomic E-state index is 12.0. The van der Waals surface area contributed by atoms with Gasteiger partial charge in [-0.2, -0.15) is 0 Å². The van der Waals surface area contributed by atoms with Crippen molar-refractivity contribution in [3.63, 3.8) is 0 Å². The minimum absolute atomic E-state index is 0.133. The Morgan fingerprint density at radius 1 is 1.36 bits per heavy atom. The molecule has 0 radical (unpaired) electrons. The number of piperidine rings is 1. The van der Waals surface area contributed by atoms with Gasteiger partial charge in [-0.1, -0.05) is 6.92 Å². The molecule has 0 bridgehead atoms. The van der Waals surface area contributed by atoms with Crippen molar-refractivity contribution in [3.8, 4) is 0 Å². The van der Waals surface area contributed by atoms with Gasteiger partial charge in [0.05, 0.1) is 5.56 Å². The van der Waals surface area contributed by atoms with Crippen LogP contribution in [0.1, 0.15) is 35.8 Å². The molecule has 7 heteroatoms. The molecule has 25 heavy (non-hydrogen) atoms. The van der Waals surface area contributed by atoms with Crippen LogP contribution in [0.5, 0.6) is 0 Å². The molecule has 1 atom stereocenters. The second kappa shape index (κ2) is 7.92. The van der Waals surface area contributed by atoms with E-state index in [1.54, 1.807) is 31.7 Å². The highest BCUT2D eigenvalue weighted by atomic mass is 16.1. The number of aromatic nitrogens is 3. The lowest BCUT2D eigenvalue weighted by molar-refractivity contribution is 0.0963. The molecule has 1 saturated heterocycles. The van der Waals surface area contributed by atoms with Gasteiger partial charge in [0.1, 0.15) is 18.0 Å². The fourth-order valence-electron chi connectivity index (χ4n) is 3.09. The normalized spacial score (nSPS) is 17.2. The highest BCUT2D eigenvalue weighted by molar-refractivity contribution is 5.98. The van der Waals surface area contributed by atoms with E-state index in [9.17, 15) is 4.79 Å². The van der Waals surface area contributed by atoms with E-state index in [1.807, 2.05) is 0 Å². The SMILES string of the molecule is CCc1cc(N2CCCC(Nc3ncccc3C(=O)NC)C2)ncn1. The third kappa shape index (κ3) is 4.04. The highest BCUT2D eigenvalue weighted by Crippen LogP contribution is 2.21. The van der Waals surface area contributed by atoms with Crippen molar-refractivity contribution in [2.75, 3.05) is 30.4 Å². The Balaban J connectivity index is 1.73. The number of nitrogens with one attached hydrogen (secondary N) is 2. The van der Waals surface area contributed by atoms with Crippen molar-refractivity contribution >= 4 is 17.5 Å². The molecule has 1 unspecified atom stereocenters. The molecule has 2 aromatic heterocycles. The van der Waals surface area contributed by atoms with E-state index in [-0.39, 0.29) is 11.9 Å².